The van der Waals surface area contributed by atoms with Crippen LogP contribution in [0.15, 0.2) is 24.3 Å². The van der Waals surface area contributed by atoms with E-state index in [0.717, 1.165) is 38.1 Å². The van der Waals surface area contributed by atoms with Crippen LogP contribution < -0.4 is 5.32 Å². The topological polar surface area (TPSA) is 32.3 Å². The Morgan fingerprint density at radius 2 is 1.95 bits per heavy atom. The van der Waals surface area contributed by atoms with E-state index >= 15 is 0 Å². The normalized spacial score (nSPS) is 20.7. The van der Waals surface area contributed by atoms with Gasteiger partial charge >= 0.3 is 6.18 Å². The van der Waals surface area contributed by atoms with E-state index in [-0.39, 0.29) is 17.5 Å². The van der Waals surface area contributed by atoms with Crippen LogP contribution in [0.3, 0.4) is 0 Å². The van der Waals surface area contributed by atoms with Crippen LogP contribution in [-0.4, -0.2) is 37.0 Å². The molecule has 1 N–H and O–H groups in total. The van der Waals surface area contributed by atoms with Gasteiger partial charge in [0.25, 0.3) is 5.91 Å². The molecule has 0 saturated carbocycles. The van der Waals surface area contributed by atoms with Crippen LogP contribution in [0.4, 0.5) is 13.2 Å². The summed E-state index contributed by atoms with van der Waals surface area (Å²) in [5.74, 6) is -0.320. The molecule has 110 valence electrons. The molecule has 1 aromatic rings. The minimum Gasteiger partial charge on any atom is -0.348 e. The number of hydrogen-bond donors (Lipinski definition) is 1. The highest BCUT2D eigenvalue weighted by molar-refractivity contribution is 5.94. The van der Waals surface area contributed by atoms with Crippen molar-refractivity contribution >= 4 is 5.91 Å². The highest BCUT2D eigenvalue weighted by atomic mass is 19.4. The Balaban J connectivity index is 1.99. The van der Waals surface area contributed by atoms with E-state index in [1.54, 1.807) is 0 Å². The maximum absolute atomic E-state index is 12.4. The molecule has 0 bridgehead atoms. The molecule has 3 nitrogen and oxygen atoms in total. The molecule has 1 saturated heterocycles. The summed E-state index contributed by atoms with van der Waals surface area (Å²) in [6.45, 7) is 1.78. The second-order valence-electron chi connectivity index (χ2n) is 5.15. The highest BCUT2D eigenvalue weighted by Gasteiger charge is 2.30. The zero-order valence-corrected chi connectivity index (χ0v) is 11.2. The Kier molecular flexibility index (Phi) is 4.32. The van der Waals surface area contributed by atoms with Gasteiger partial charge in [0.05, 0.1) is 5.56 Å². The van der Waals surface area contributed by atoms with E-state index in [1.807, 2.05) is 7.05 Å². The monoisotopic (exact) mass is 286 g/mol. The summed E-state index contributed by atoms with van der Waals surface area (Å²) in [6.07, 6.45) is -2.47. The second-order valence-corrected chi connectivity index (χ2v) is 5.15. The van der Waals surface area contributed by atoms with Crippen molar-refractivity contribution in [3.63, 3.8) is 0 Å². The average Bonchev–Trinajstić information content (AvgIpc) is 2.38. The number of benzene rings is 1. The minimum absolute atomic E-state index is 0.0588. The molecule has 0 unspecified atom stereocenters. The second kappa shape index (κ2) is 5.83. The number of likely N-dealkylation sites (N-methyl/N-ethyl adjacent to an activating group) is 1. The number of carbonyl (C=O) groups is 1. The largest absolute Gasteiger partial charge is 0.416 e. The summed E-state index contributed by atoms with van der Waals surface area (Å²) in [5.41, 5.74) is -0.488. The van der Waals surface area contributed by atoms with E-state index in [1.165, 1.54) is 12.1 Å². The molecule has 2 rings (SSSR count). The molecule has 1 aromatic carbocycles. The van der Waals surface area contributed by atoms with E-state index < -0.39 is 11.7 Å². The standard InChI is InChI=1S/C14H17F3N2O/c1-19-8-2-3-12(9-19)18-13(20)10-4-6-11(7-5-10)14(15,16)17/h4-7,12H,2-3,8-9H2,1H3,(H,18,20)/t12-/m1/s1. The van der Waals surface area contributed by atoms with Crippen LogP contribution in [-0.2, 0) is 6.18 Å². The zero-order chi connectivity index (χ0) is 14.8. The van der Waals surface area contributed by atoms with Crippen LogP contribution >= 0.6 is 0 Å². The average molecular weight is 286 g/mol. The van der Waals surface area contributed by atoms with Gasteiger partial charge in [0, 0.05) is 18.2 Å². The lowest BCUT2D eigenvalue weighted by Crippen LogP contribution is -2.46. The molecule has 1 atom stereocenters. The number of likely N-dealkylation sites (tertiary alicyclic amines) is 1. The van der Waals surface area contributed by atoms with Gasteiger partial charge in [-0.15, -0.1) is 0 Å². The predicted molar refractivity (Wildman–Crippen MR) is 69.4 cm³/mol. The summed E-state index contributed by atoms with van der Waals surface area (Å²) in [4.78, 5) is 14.1. The van der Waals surface area contributed by atoms with Crippen molar-refractivity contribution in [2.45, 2.75) is 25.1 Å². The van der Waals surface area contributed by atoms with Gasteiger partial charge in [-0.2, -0.15) is 13.2 Å². The first-order valence-electron chi connectivity index (χ1n) is 6.53. The fourth-order valence-corrected chi connectivity index (χ4v) is 2.36. The number of rotatable bonds is 2. The van der Waals surface area contributed by atoms with Crippen molar-refractivity contribution in [3.05, 3.63) is 35.4 Å². The zero-order valence-electron chi connectivity index (χ0n) is 11.2. The number of hydrogen-bond acceptors (Lipinski definition) is 2. The molecule has 1 aliphatic rings. The van der Waals surface area contributed by atoms with Crippen molar-refractivity contribution in [2.75, 3.05) is 20.1 Å². The van der Waals surface area contributed by atoms with Crippen LogP contribution in [0.25, 0.3) is 0 Å². The predicted octanol–water partition coefficient (Wildman–Crippen LogP) is 2.53. The summed E-state index contributed by atoms with van der Waals surface area (Å²) in [5, 5.41) is 2.86. The van der Waals surface area contributed by atoms with Gasteiger partial charge in [0.1, 0.15) is 0 Å². The molecule has 0 aliphatic carbocycles. The van der Waals surface area contributed by atoms with E-state index in [9.17, 15) is 18.0 Å². The van der Waals surface area contributed by atoms with Crippen LogP contribution in [0.2, 0.25) is 0 Å². The molecule has 1 fully saturated rings. The Hall–Kier alpha value is -1.56. The summed E-state index contributed by atoms with van der Waals surface area (Å²) in [7, 11) is 1.98. The van der Waals surface area contributed by atoms with E-state index in [4.69, 9.17) is 0 Å². The molecule has 6 heteroatoms. The van der Waals surface area contributed by atoms with Gasteiger partial charge in [-0.1, -0.05) is 0 Å². The number of alkyl halides is 3. The Bertz CT molecular complexity index is 470. The maximum Gasteiger partial charge on any atom is 0.416 e. The molecule has 20 heavy (non-hydrogen) atoms. The van der Waals surface area contributed by atoms with Gasteiger partial charge < -0.3 is 10.2 Å². The van der Waals surface area contributed by atoms with Gasteiger partial charge in [-0.05, 0) is 50.7 Å². The lowest BCUT2D eigenvalue weighted by molar-refractivity contribution is -0.137. The number of halogens is 3. The summed E-state index contributed by atoms with van der Waals surface area (Å²) >= 11 is 0. The quantitative estimate of drug-likeness (QED) is 0.906. The van der Waals surface area contributed by atoms with Gasteiger partial charge in [-0.25, -0.2) is 0 Å². The van der Waals surface area contributed by atoms with E-state index in [0.29, 0.717) is 0 Å². The number of nitrogens with zero attached hydrogens (tertiary/aromatic N) is 1. The number of nitrogens with one attached hydrogen (secondary N) is 1. The van der Waals surface area contributed by atoms with Crippen LogP contribution in [0.5, 0.6) is 0 Å². The Morgan fingerprint density at radius 1 is 1.30 bits per heavy atom. The van der Waals surface area contributed by atoms with Crippen molar-refractivity contribution in [2.24, 2.45) is 0 Å². The molecule has 1 heterocycles. The molecular formula is C14H17F3N2O. The van der Waals surface area contributed by atoms with Crippen LogP contribution in [0, 0.1) is 0 Å². The van der Waals surface area contributed by atoms with Crippen molar-refractivity contribution in [1.82, 2.24) is 10.2 Å². The minimum atomic E-state index is -4.37. The smallest absolute Gasteiger partial charge is 0.348 e. The number of piperidine rings is 1. The van der Waals surface area contributed by atoms with Gasteiger partial charge in [-0.3, -0.25) is 4.79 Å². The highest BCUT2D eigenvalue weighted by Crippen LogP contribution is 2.29. The fraction of sp³-hybridized carbons (Fsp3) is 0.500. The Morgan fingerprint density at radius 3 is 2.50 bits per heavy atom. The molecule has 0 radical (unpaired) electrons. The van der Waals surface area contributed by atoms with Gasteiger partial charge in [0.15, 0.2) is 0 Å². The number of amides is 1. The first-order chi connectivity index (χ1) is 9.36. The third-order valence-electron chi connectivity index (χ3n) is 3.43. The lowest BCUT2D eigenvalue weighted by Gasteiger charge is -2.30. The van der Waals surface area contributed by atoms with Gasteiger partial charge in [0.2, 0.25) is 0 Å². The van der Waals surface area contributed by atoms with Crippen molar-refractivity contribution < 1.29 is 18.0 Å². The molecule has 0 spiro atoms. The van der Waals surface area contributed by atoms with Crippen molar-refractivity contribution in [1.29, 1.82) is 0 Å². The third kappa shape index (κ3) is 3.72. The fourth-order valence-electron chi connectivity index (χ4n) is 2.36. The SMILES string of the molecule is CN1CCC[C@@H](NC(=O)c2ccc(C(F)(F)F)cc2)C1. The van der Waals surface area contributed by atoms with E-state index in [2.05, 4.69) is 10.2 Å². The first-order valence-corrected chi connectivity index (χ1v) is 6.53. The summed E-state index contributed by atoms with van der Waals surface area (Å²) in [6, 6.07) is 4.35. The molecule has 1 aliphatic heterocycles. The van der Waals surface area contributed by atoms with Crippen LogP contribution in [0.1, 0.15) is 28.8 Å². The number of carbonyl (C=O) groups excluding carboxylic acids is 1. The third-order valence-corrected chi connectivity index (χ3v) is 3.43. The molecule has 1 amide bonds. The lowest BCUT2D eigenvalue weighted by atomic mass is 10.1. The first kappa shape index (κ1) is 14.8. The maximum atomic E-state index is 12.4. The summed E-state index contributed by atoms with van der Waals surface area (Å²) < 4.78 is 37.3. The molecular weight excluding hydrogens is 269 g/mol. The molecule has 0 aromatic heterocycles. The Labute approximate surface area is 115 Å². The van der Waals surface area contributed by atoms with Crippen molar-refractivity contribution in [3.8, 4) is 0 Å².